The Morgan fingerprint density at radius 3 is 2.57 bits per heavy atom. The fraction of sp³-hybridized carbons (Fsp3) is 0.409. The van der Waals surface area contributed by atoms with E-state index in [1.54, 1.807) is 0 Å². The molecule has 3 aromatic rings. The molecule has 146 valence electrons. The number of hydrogen-bond acceptors (Lipinski definition) is 5. The monoisotopic (exact) mass is 377 g/mol. The Labute approximate surface area is 166 Å². The maximum Gasteiger partial charge on any atom is 0.176 e. The number of nitrogens with one attached hydrogen (secondary N) is 1. The smallest absolute Gasteiger partial charge is 0.176 e. The lowest BCUT2D eigenvalue weighted by molar-refractivity contribution is -0.0238. The van der Waals surface area contributed by atoms with Gasteiger partial charge in [0.1, 0.15) is 5.82 Å². The lowest BCUT2D eigenvalue weighted by Crippen LogP contribution is -2.28. The topological polar surface area (TPSA) is 64.9 Å². The molecule has 0 amide bonds. The number of nitrogens with zero attached hydrogens (tertiary/aromatic N) is 4. The second kappa shape index (κ2) is 8.10. The van der Waals surface area contributed by atoms with Crippen molar-refractivity contribution in [2.45, 2.75) is 39.7 Å². The van der Waals surface area contributed by atoms with Gasteiger partial charge in [-0.3, -0.25) is 0 Å². The molecule has 2 unspecified atom stereocenters. The Kier molecular flexibility index (Phi) is 5.39. The maximum atomic E-state index is 6.11. The van der Waals surface area contributed by atoms with Gasteiger partial charge in [-0.25, -0.2) is 4.68 Å². The number of rotatable bonds is 5. The molecular weight excluding hydrogens is 350 g/mol. The van der Waals surface area contributed by atoms with Crippen molar-refractivity contribution in [2.24, 2.45) is 5.92 Å². The van der Waals surface area contributed by atoms with Crippen molar-refractivity contribution < 1.29 is 4.74 Å². The molecule has 0 radical (unpaired) electrons. The van der Waals surface area contributed by atoms with Crippen LogP contribution in [0.25, 0.3) is 5.82 Å². The molecule has 1 saturated heterocycles. The van der Waals surface area contributed by atoms with Gasteiger partial charge in [0.2, 0.25) is 0 Å². The number of ether oxygens (including phenoxy) is 1. The zero-order chi connectivity index (χ0) is 19.5. The highest BCUT2D eigenvalue weighted by Crippen LogP contribution is 2.33. The minimum atomic E-state index is 0.129. The van der Waals surface area contributed by atoms with E-state index in [4.69, 9.17) is 4.74 Å². The molecule has 1 aromatic carbocycles. The number of aryl methyl sites for hydroxylation is 3. The van der Waals surface area contributed by atoms with Crippen LogP contribution in [-0.4, -0.2) is 33.1 Å². The molecule has 0 aliphatic carbocycles. The summed E-state index contributed by atoms with van der Waals surface area (Å²) in [6, 6.07) is 14.6. The maximum absolute atomic E-state index is 6.11. The standard InChI is InChI=1S/C22H27N5O/c1-15-6-8-18(9-7-15)22-19(5-4-12-28-22)14-23-20-10-11-21(25-24-20)27-17(3)13-16(2)26-27/h6-11,13,19,22H,4-5,12,14H2,1-3H3,(H,23,24). The summed E-state index contributed by atoms with van der Waals surface area (Å²) < 4.78 is 7.92. The molecule has 1 fully saturated rings. The lowest BCUT2D eigenvalue weighted by Gasteiger charge is -2.32. The van der Waals surface area contributed by atoms with Crippen LogP contribution in [-0.2, 0) is 4.74 Å². The van der Waals surface area contributed by atoms with E-state index in [0.29, 0.717) is 5.92 Å². The lowest BCUT2D eigenvalue weighted by atomic mass is 9.89. The minimum absolute atomic E-state index is 0.129. The molecule has 6 nitrogen and oxygen atoms in total. The molecule has 28 heavy (non-hydrogen) atoms. The van der Waals surface area contributed by atoms with Gasteiger partial charge in [0.25, 0.3) is 0 Å². The molecule has 0 bridgehead atoms. The Balaban J connectivity index is 1.42. The summed E-state index contributed by atoms with van der Waals surface area (Å²) in [5.74, 6) is 1.92. The van der Waals surface area contributed by atoms with Crippen LogP contribution < -0.4 is 5.32 Å². The van der Waals surface area contributed by atoms with Gasteiger partial charge >= 0.3 is 0 Å². The summed E-state index contributed by atoms with van der Waals surface area (Å²) in [6.45, 7) is 7.74. The average molecular weight is 377 g/mol. The van der Waals surface area contributed by atoms with Crippen LogP contribution in [0.15, 0.2) is 42.5 Å². The summed E-state index contributed by atoms with van der Waals surface area (Å²) >= 11 is 0. The van der Waals surface area contributed by atoms with Crippen molar-refractivity contribution >= 4 is 5.82 Å². The van der Waals surface area contributed by atoms with Crippen LogP contribution >= 0.6 is 0 Å². The van der Waals surface area contributed by atoms with E-state index in [1.165, 1.54) is 11.1 Å². The van der Waals surface area contributed by atoms with Crippen molar-refractivity contribution in [1.82, 2.24) is 20.0 Å². The fourth-order valence-electron chi connectivity index (χ4n) is 3.81. The molecule has 0 spiro atoms. The molecule has 3 heterocycles. The normalized spacial score (nSPS) is 19.5. The van der Waals surface area contributed by atoms with Gasteiger partial charge in [-0.2, -0.15) is 5.10 Å². The van der Waals surface area contributed by atoms with Gasteiger partial charge in [-0.05, 0) is 57.4 Å². The quantitative estimate of drug-likeness (QED) is 0.723. The zero-order valence-corrected chi connectivity index (χ0v) is 16.7. The van der Waals surface area contributed by atoms with Gasteiger partial charge in [-0.15, -0.1) is 10.2 Å². The van der Waals surface area contributed by atoms with E-state index < -0.39 is 0 Å². The van der Waals surface area contributed by atoms with Gasteiger partial charge in [0, 0.05) is 24.8 Å². The Morgan fingerprint density at radius 2 is 1.89 bits per heavy atom. The minimum Gasteiger partial charge on any atom is -0.373 e. The predicted molar refractivity (Wildman–Crippen MR) is 110 cm³/mol. The number of anilines is 1. The van der Waals surface area contributed by atoms with E-state index in [2.05, 4.69) is 51.8 Å². The molecule has 0 saturated carbocycles. The van der Waals surface area contributed by atoms with Gasteiger partial charge in [0.05, 0.1) is 11.8 Å². The summed E-state index contributed by atoms with van der Waals surface area (Å²) in [6.07, 6.45) is 2.36. The molecule has 2 atom stereocenters. The third-order valence-electron chi connectivity index (χ3n) is 5.27. The first kappa shape index (κ1) is 18.6. The molecule has 2 aromatic heterocycles. The Morgan fingerprint density at radius 1 is 1.07 bits per heavy atom. The van der Waals surface area contributed by atoms with Crippen LogP contribution in [0.5, 0.6) is 0 Å². The van der Waals surface area contributed by atoms with Crippen LogP contribution in [0.2, 0.25) is 0 Å². The van der Waals surface area contributed by atoms with Gasteiger partial charge in [-0.1, -0.05) is 29.8 Å². The first-order chi connectivity index (χ1) is 13.6. The van der Waals surface area contributed by atoms with Gasteiger partial charge in [0.15, 0.2) is 5.82 Å². The highest BCUT2D eigenvalue weighted by Gasteiger charge is 2.27. The van der Waals surface area contributed by atoms with Crippen molar-refractivity contribution in [3.63, 3.8) is 0 Å². The van der Waals surface area contributed by atoms with Crippen molar-refractivity contribution in [3.05, 3.63) is 65.0 Å². The van der Waals surface area contributed by atoms with Crippen LogP contribution in [0.1, 0.15) is 41.5 Å². The van der Waals surface area contributed by atoms with E-state index in [-0.39, 0.29) is 6.10 Å². The zero-order valence-electron chi connectivity index (χ0n) is 16.7. The number of aromatic nitrogens is 4. The molecule has 6 heteroatoms. The fourth-order valence-corrected chi connectivity index (χ4v) is 3.81. The molecule has 1 aliphatic rings. The summed E-state index contributed by atoms with van der Waals surface area (Å²) in [5.41, 5.74) is 4.55. The van der Waals surface area contributed by atoms with E-state index in [0.717, 1.165) is 49.0 Å². The Bertz CT molecular complexity index is 917. The Hall–Kier alpha value is -2.73. The average Bonchev–Trinajstić information content (AvgIpc) is 3.06. The highest BCUT2D eigenvalue weighted by molar-refractivity contribution is 5.37. The second-order valence-corrected chi connectivity index (χ2v) is 7.60. The van der Waals surface area contributed by atoms with Crippen LogP contribution in [0.3, 0.4) is 0 Å². The third-order valence-corrected chi connectivity index (χ3v) is 5.27. The molecule has 1 aliphatic heterocycles. The van der Waals surface area contributed by atoms with E-state index >= 15 is 0 Å². The van der Waals surface area contributed by atoms with Crippen molar-refractivity contribution in [2.75, 3.05) is 18.5 Å². The summed E-state index contributed by atoms with van der Waals surface area (Å²) in [5, 5.41) is 16.6. The molecule has 4 rings (SSSR count). The van der Waals surface area contributed by atoms with Crippen LogP contribution in [0.4, 0.5) is 5.82 Å². The largest absolute Gasteiger partial charge is 0.373 e. The summed E-state index contributed by atoms with van der Waals surface area (Å²) in [4.78, 5) is 0. The van der Waals surface area contributed by atoms with Crippen molar-refractivity contribution in [3.8, 4) is 5.82 Å². The first-order valence-corrected chi connectivity index (χ1v) is 9.89. The SMILES string of the molecule is Cc1ccc(C2OCCCC2CNc2ccc(-n3nc(C)cc3C)nn2)cc1. The molecular formula is C22H27N5O. The highest BCUT2D eigenvalue weighted by atomic mass is 16.5. The summed E-state index contributed by atoms with van der Waals surface area (Å²) in [7, 11) is 0. The van der Waals surface area contributed by atoms with Gasteiger partial charge < -0.3 is 10.1 Å². The van der Waals surface area contributed by atoms with E-state index in [9.17, 15) is 0 Å². The number of hydrogen-bond donors (Lipinski definition) is 1. The third kappa shape index (κ3) is 4.07. The first-order valence-electron chi connectivity index (χ1n) is 9.89. The number of benzene rings is 1. The van der Waals surface area contributed by atoms with Crippen LogP contribution in [0, 0.1) is 26.7 Å². The second-order valence-electron chi connectivity index (χ2n) is 7.60. The predicted octanol–water partition coefficient (Wildman–Crippen LogP) is 4.17. The van der Waals surface area contributed by atoms with E-state index in [1.807, 2.05) is 36.7 Å². The molecule has 1 N–H and O–H groups in total. The van der Waals surface area contributed by atoms with Crippen molar-refractivity contribution in [1.29, 1.82) is 0 Å².